The number of nitrogens with one attached hydrogen (secondary N) is 3. The van der Waals surface area contributed by atoms with Crippen molar-refractivity contribution >= 4 is 29.1 Å². The molecule has 0 aromatic heterocycles. The van der Waals surface area contributed by atoms with E-state index in [-0.39, 0.29) is 18.2 Å². The van der Waals surface area contributed by atoms with Crippen molar-refractivity contribution in [1.29, 1.82) is 0 Å². The Labute approximate surface area is 121 Å². The van der Waals surface area contributed by atoms with Gasteiger partial charge in [0, 0.05) is 18.1 Å². The van der Waals surface area contributed by atoms with Gasteiger partial charge in [0.25, 0.3) is 0 Å². The van der Waals surface area contributed by atoms with Gasteiger partial charge in [-0.25, -0.2) is 0 Å². The zero-order valence-corrected chi connectivity index (χ0v) is 11.8. The van der Waals surface area contributed by atoms with Crippen LogP contribution >= 0.6 is 11.6 Å². The fourth-order valence-corrected chi connectivity index (χ4v) is 2.15. The molecule has 20 heavy (non-hydrogen) atoms. The van der Waals surface area contributed by atoms with E-state index in [0.717, 1.165) is 0 Å². The molecule has 1 aromatic carbocycles. The first-order valence-corrected chi connectivity index (χ1v) is 6.62. The Morgan fingerprint density at radius 1 is 1.50 bits per heavy atom. The predicted molar refractivity (Wildman–Crippen MR) is 76.1 cm³/mol. The van der Waals surface area contributed by atoms with E-state index in [1.807, 2.05) is 0 Å². The van der Waals surface area contributed by atoms with Crippen LogP contribution in [-0.2, 0) is 9.59 Å². The highest BCUT2D eigenvalue weighted by Crippen LogP contribution is 2.27. The van der Waals surface area contributed by atoms with Crippen LogP contribution in [0.1, 0.15) is 6.42 Å². The van der Waals surface area contributed by atoms with E-state index in [2.05, 4.69) is 16.0 Å². The first-order valence-electron chi connectivity index (χ1n) is 6.24. The van der Waals surface area contributed by atoms with Gasteiger partial charge in [-0.1, -0.05) is 11.6 Å². The van der Waals surface area contributed by atoms with Gasteiger partial charge in [-0.15, -0.1) is 0 Å². The molecule has 1 fully saturated rings. The summed E-state index contributed by atoms with van der Waals surface area (Å²) in [4.78, 5) is 23.5. The molecule has 0 aliphatic carbocycles. The molecule has 3 N–H and O–H groups in total. The quantitative estimate of drug-likeness (QED) is 0.767. The molecule has 0 radical (unpaired) electrons. The molecule has 1 atom stereocenters. The molecule has 1 saturated heterocycles. The number of hydrogen-bond donors (Lipinski definition) is 3. The Kier molecular flexibility index (Phi) is 4.81. The molecular formula is C13H16ClN3O3. The Morgan fingerprint density at radius 2 is 2.30 bits per heavy atom. The Bertz CT molecular complexity index is 522. The maximum atomic E-state index is 12.0. The number of halogens is 1. The number of carbonyl (C=O) groups is 2. The minimum Gasteiger partial charge on any atom is -0.495 e. The molecule has 7 heteroatoms. The lowest BCUT2D eigenvalue weighted by atomic mass is 10.1. The Morgan fingerprint density at radius 3 is 3.00 bits per heavy atom. The molecule has 2 rings (SSSR count). The van der Waals surface area contributed by atoms with Crippen LogP contribution in [0.25, 0.3) is 0 Å². The van der Waals surface area contributed by atoms with Crippen LogP contribution in [0.2, 0.25) is 5.02 Å². The largest absolute Gasteiger partial charge is 0.495 e. The number of hydrogen-bond acceptors (Lipinski definition) is 4. The standard InChI is InChI=1S/C13H16ClN3O3/c1-20-11-3-2-8(14)6-9(11)17-12(18)7-10-13(19)16-5-4-15-10/h2-3,6,10,15H,4-5,7H2,1H3,(H,16,19)(H,17,18)/t10-/m0/s1. The van der Waals surface area contributed by atoms with E-state index in [4.69, 9.17) is 16.3 Å². The van der Waals surface area contributed by atoms with E-state index in [1.165, 1.54) is 7.11 Å². The highest BCUT2D eigenvalue weighted by atomic mass is 35.5. The summed E-state index contributed by atoms with van der Waals surface area (Å²) in [6.07, 6.45) is 0.0570. The molecule has 1 heterocycles. The summed E-state index contributed by atoms with van der Waals surface area (Å²) in [5.41, 5.74) is 0.487. The summed E-state index contributed by atoms with van der Waals surface area (Å²) in [5, 5.41) is 8.90. The van der Waals surface area contributed by atoms with Crippen LogP contribution in [-0.4, -0.2) is 38.1 Å². The van der Waals surface area contributed by atoms with Crippen molar-refractivity contribution in [1.82, 2.24) is 10.6 Å². The third-order valence-electron chi connectivity index (χ3n) is 2.96. The lowest BCUT2D eigenvalue weighted by Gasteiger charge is -2.23. The van der Waals surface area contributed by atoms with Crippen molar-refractivity contribution in [2.75, 3.05) is 25.5 Å². The molecule has 1 aliphatic rings. The van der Waals surface area contributed by atoms with Crippen LogP contribution in [0.3, 0.4) is 0 Å². The van der Waals surface area contributed by atoms with Crippen molar-refractivity contribution in [3.8, 4) is 5.75 Å². The molecule has 1 aliphatic heterocycles. The average molecular weight is 298 g/mol. The normalized spacial score (nSPS) is 18.3. The topological polar surface area (TPSA) is 79.5 Å². The van der Waals surface area contributed by atoms with Crippen molar-refractivity contribution in [3.63, 3.8) is 0 Å². The summed E-state index contributed by atoms with van der Waals surface area (Å²) in [6.45, 7) is 1.24. The van der Waals surface area contributed by atoms with Crippen LogP contribution in [0.15, 0.2) is 18.2 Å². The molecule has 0 saturated carbocycles. The molecule has 0 unspecified atom stereocenters. The second-order valence-electron chi connectivity index (χ2n) is 4.39. The van der Waals surface area contributed by atoms with Crippen LogP contribution in [0.4, 0.5) is 5.69 Å². The zero-order chi connectivity index (χ0) is 14.5. The fourth-order valence-electron chi connectivity index (χ4n) is 1.98. The van der Waals surface area contributed by atoms with Gasteiger partial charge in [-0.05, 0) is 18.2 Å². The number of amides is 2. The summed E-state index contributed by atoms with van der Waals surface area (Å²) < 4.78 is 5.14. The van der Waals surface area contributed by atoms with E-state index in [1.54, 1.807) is 18.2 Å². The SMILES string of the molecule is COc1ccc(Cl)cc1NC(=O)C[C@@H]1NCCNC1=O. The van der Waals surface area contributed by atoms with Gasteiger partial charge in [-0.3, -0.25) is 9.59 Å². The maximum Gasteiger partial charge on any atom is 0.237 e. The fraction of sp³-hybridized carbons (Fsp3) is 0.385. The monoisotopic (exact) mass is 297 g/mol. The number of piperazine rings is 1. The van der Waals surface area contributed by atoms with Crippen LogP contribution < -0.4 is 20.7 Å². The maximum absolute atomic E-state index is 12.0. The second kappa shape index (κ2) is 6.58. The van der Waals surface area contributed by atoms with Crippen LogP contribution in [0, 0.1) is 0 Å². The predicted octanol–water partition coefficient (Wildman–Crippen LogP) is 0.765. The van der Waals surface area contributed by atoms with Gasteiger partial charge in [0.05, 0.1) is 25.3 Å². The van der Waals surface area contributed by atoms with Gasteiger partial charge < -0.3 is 20.7 Å². The Balaban J connectivity index is 2.00. The molecule has 6 nitrogen and oxygen atoms in total. The number of carbonyl (C=O) groups excluding carboxylic acids is 2. The van der Waals surface area contributed by atoms with Crippen molar-refractivity contribution in [2.24, 2.45) is 0 Å². The van der Waals surface area contributed by atoms with Crippen molar-refractivity contribution in [2.45, 2.75) is 12.5 Å². The van der Waals surface area contributed by atoms with Crippen molar-refractivity contribution in [3.05, 3.63) is 23.2 Å². The first-order chi connectivity index (χ1) is 9.60. The smallest absolute Gasteiger partial charge is 0.237 e. The van der Waals surface area contributed by atoms with Gasteiger partial charge in [0.2, 0.25) is 11.8 Å². The van der Waals surface area contributed by atoms with E-state index in [0.29, 0.717) is 29.5 Å². The van der Waals surface area contributed by atoms with Crippen LogP contribution in [0.5, 0.6) is 5.75 Å². The van der Waals surface area contributed by atoms with Gasteiger partial charge in [0.15, 0.2) is 0 Å². The molecule has 2 amide bonds. The summed E-state index contributed by atoms with van der Waals surface area (Å²) in [5.74, 6) is 0.0772. The molecule has 0 spiro atoms. The number of methoxy groups -OCH3 is 1. The summed E-state index contributed by atoms with van der Waals surface area (Å²) in [7, 11) is 1.51. The van der Waals surface area contributed by atoms with E-state index >= 15 is 0 Å². The lowest BCUT2D eigenvalue weighted by molar-refractivity contribution is -0.127. The Hall–Kier alpha value is -1.79. The summed E-state index contributed by atoms with van der Waals surface area (Å²) >= 11 is 5.89. The number of ether oxygens (including phenoxy) is 1. The molecule has 108 valence electrons. The van der Waals surface area contributed by atoms with Gasteiger partial charge >= 0.3 is 0 Å². The third kappa shape index (κ3) is 3.61. The van der Waals surface area contributed by atoms with E-state index in [9.17, 15) is 9.59 Å². The number of rotatable bonds is 4. The zero-order valence-electron chi connectivity index (χ0n) is 11.0. The first kappa shape index (κ1) is 14.6. The number of anilines is 1. The highest BCUT2D eigenvalue weighted by molar-refractivity contribution is 6.31. The lowest BCUT2D eigenvalue weighted by Crippen LogP contribution is -2.53. The van der Waals surface area contributed by atoms with Gasteiger partial charge in [-0.2, -0.15) is 0 Å². The molecule has 1 aromatic rings. The van der Waals surface area contributed by atoms with E-state index < -0.39 is 6.04 Å². The molecule has 0 bridgehead atoms. The highest BCUT2D eigenvalue weighted by Gasteiger charge is 2.24. The van der Waals surface area contributed by atoms with Crippen molar-refractivity contribution < 1.29 is 14.3 Å². The third-order valence-corrected chi connectivity index (χ3v) is 3.19. The average Bonchev–Trinajstić information content (AvgIpc) is 2.41. The molecular weight excluding hydrogens is 282 g/mol. The van der Waals surface area contributed by atoms with Gasteiger partial charge in [0.1, 0.15) is 5.75 Å². The summed E-state index contributed by atoms with van der Waals surface area (Å²) in [6, 6.07) is 4.44. The number of benzene rings is 1. The second-order valence-corrected chi connectivity index (χ2v) is 4.83. The minimum absolute atomic E-state index is 0.0570. The minimum atomic E-state index is -0.506.